The summed E-state index contributed by atoms with van der Waals surface area (Å²) in [6.07, 6.45) is 0. The summed E-state index contributed by atoms with van der Waals surface area (Å²) in [6, 6.07) is 29.7. The van der Waals surface area contributed by atoms with Crippen LogP contribution in [0.25, 0.3) is 21.5 Å². The molecule has 0 unspecified atom stereocenters. The molecule has 1 nitrogen and oxygen atoms in total. The van der Waals surface area contributed by atoms with Gasteiger partial charge in [-0.15, -0.1) is 0 Å². The van der Waals surface area contributed by atoms with Crippen LogP contribution in [0.2, 0.25) is 0 Å². The van der Waals surface area contributed by atoms with Gasteiger partial charge in [0.25, 0.3) is 0 Å². The van der Waals surface area contributed by atoms with E-state index in [-0.39, 0.29) is 1.43 Å². The van der Waals surface area contributed by atoms with E-state index >= 15 is 0 Å². The Morgan fingerprint density at radius 1 is 0.476 bits per heavy atom. The standard InChI is InChI=1S/C20H15N.H2/c1-3-7-17-13-19(11-9-15(17)5-1)21-20-12-10-16-6-2-4-8-18(16)14-20;/h1-14,21H;1H. The Bertz CT molecular complexity index is 853. The van der Waals surface area contributed by atoms with Crippen molar-refractivity contribution in [3.05, 3.63) is 84.9 Å². The van der Waals surface area contributed by atoms with Crippen LogP contribution in [-0.4, -0.2) is 0 Å². The van der Waals surface area contributed by atoms with Crippen molar-refractivity contribution in [2.75, 3.05) is 5.32 Å². The van der Waals surface area contributed by atoms with Crippen LogP contribution in [0.5, 0.6) is 0 Å². The molecule has 0 spiro atoms. The first-order chi connectivity index (χ1) is 10.4. The van der Waals surface area contributed by atoms with Crippen LogP contribution in [0.3, 0.4) is 0 Å². The Balaban J connectivity index is 0.00000144. The van der Waals surface area contributed by atoms with Crippen molar-refractivity contribution in [3.63, 3.8) is 0 Å². The van der Waals surface area contributed by atoms with E-state index in [4.69, 9.17) is 0 Å². The summed E-state index contributed by atoms with van der Waals surface area (Å²) in [7, 11) is 0. The minimum atomic E-state index is 0. The average Bonchev–Trinajstić information content (AvgIpc) is 2.55. The fourth-order valence-corrected chi connectivity index (χ4v) is 2.70. The molecule has 0 fully saturated rings. The Morgan fingerprint density at radius 2 is 0.905 bits per heavy atom. The minimum Gasteiger partial charge on any atom is -0.355 e. The normalized spacial score (nSPS) is 10.9. The van der Waals surface area contributed by atoms with Gasteiger partial charge in [0.15, 0.2) is 0 Å². The highest BCUT2D eigenvalue weighted by Crippen LogP contribution is 2.24. The van der Waals surface area contributed by atoms with Crippen LogP contribution in [0, 0.1) is 0 Å². The molecular formula is C20H17N. The Kier molecular flexibility index (Phi) is 2.82. The van der Waals surface area contributed by atoms with Crippen molar-refractivity contribution in [1.82, 2.24) is 0 Å². The van der Waals surface area contributed by atoms with Crippen molar-refractivity contribution >= 4 is 32.9 Å². The highest BCUT2D eigenvalue weighted by molar-refractivity contribution is 5.89. The fourth-order valence-electron chi connectivity index (χ4n) is 2.70. The number of fused-ring (bicyclic) bond motifs is 2. The first kappa shape index (κ1) is 12.0. The zero-order valence-electron chi connectivity index (χ0n) is 11.6. The molecule has 0 aromatic heterocycles. The highest BCUT2D eigenvalue weighted by atomic mass is 14.9. The molecule has 1 heteroatoms. The highest BCUT2D eigenvalue weighted by Gasteiger charge is 1.99. The zero-order chi connectivity index (χ0) is 14.1. The van der Waals surface area contributed by atoms with E-state index in [1.165, 1.54) is 21.5 Å². The van der Waals surface area contributed by atoms with Crippen LogP contribution in [0.15, 0.2) is 84.9 Å². The average molecular weight is 271 g/mol. The summed E-state index contributed by atoms with van der Waals surface area (Å²) in [4.78, 5) is 0. The molecule has 0 aliphatic carbocycles. The third-order valence-corrected chi connectivity index (χ3v) is 3.79. The summed E-state index contributed by atoms with van der Waals surface area (Å²) in [6.45, 7) is 0. The maximum atomic E-state index is 3.49. The predicted molar refractivity (Wildman–Crippen MR) is 93.3 cm³/mol. The largest absolute Gasteiger partial charge is 0.355 e. The van der Waals surface area contributed by atoms with Gasteiger partial charge in [-0.05, 0) is 45.8 Å². The summed E-state index contributed by atoms with van der Waals surface area (Å²) in [5, 5.41) is 8.52. The zero-order valence-corrected chi connectivity index (χ0v) is 11.6. The van der Waals surface area contributed by atoms with Crippen molar-refractivity contribution < 1.29 is 1.43 Å². The van der Waals surface area contributed by atoms with Crippen LogP contribution in [0.1, 0.15) is 1.43 Å². The van der Waals surface area contributed by atoms with Gasteiger partial charge in [0, 0.05) is 12.8 Å². The second kappa shape index (κ2) is 4.95. The fraction of sp³-hybridized carbons (Fsp3) is 0. The van der Waals surface area contributed by atoms with Gasteiger partial charge >= 0.3 is 0 Å². The van der Waals surface area contributed by atoms with Gasteiger partial charge in [-0.3, -0.25) is 0 Å². The molecule has 4 aromatic rings. The monoisotopic (exact) mass is 271 g/mol. The maximum absolute atomic E-state index is 3.49. The van der Waals surface area contributed by atoms with Crippen molar-refractivity contribution in [1.29, 1.82) is 0 Å². The van der Waals surface area contributed by atoms with Crippen LogP contribution in [-0.2, 0) is 0 Å². The molecule has 0 atom stereocenters. The first-order valence-electron chi connectivity index (χ1n) is 7.13. The second-order valence-corrected chi connectivity index (χ2v) is 5.25. The molecule has 0 radical (unpaired) electrons. The minimum absolute atomic E-state index is 0. The van der Waals surface area contributed by atoms with Crippen LogP contribution >= 0.6 is 0 Å². The number of rotatable bonds is 2. The topological polar surface area (TPSA) is 12.0 Å². The molecule has 0 amide bonds. The lowest BCUT2D eigenvalue weighted by atomic mass is 10.1. The lowest BCUT2D eigenvalue weighted by molar-refractivity contribution is 1.59. The number of benzene rings is 4. The van der Waals surface area contributed by atoms with Crippen molar-refractivity contribution in [2.45, 2.75) is 0 Å². The molecule has 4 aromatic carbocycles. The molecule has 0 aliphatic heterocycles. The molecule has 0 aliphatic rings. The van der Waals surface area contributed by atoms with Crippen LogP contribution < -0.4 is 5.32 Å². The molecule has 0 saturated carbocycles. The van der Waals surface area contributed by atoms with E-state index in [9.17, 15) is 0 Å². The van der Waals surface area contributed by atoms with E-state index in [0.29, 0.717) is 0 Å². The lowest BCUT2D eigenvalue weighted by Crippen LogP contribution is -1.90. The third kappa shape index (κ3) is 2.34. The smallest absolute Gasteiger partial charge is 0.0390 e. The summed E-state index contributed by atoms with van der Waals surface area (Å²) >= 11 is 0. The van der Waals surface area contributed by atoms with E-state index in [2.05, 4.69) is 90.2 Å². The second-order valence-electron chi connectivity index (χ2n) is 5.25. The van der Waals surface area contributed by atoms with Gasteiger partial charge in [-0.1, -0.05) is 60.7 Å². The summed E-state index contributed by atoms with van der Waals surface area (Å²) in [5.74, 6) is 0. The summed E-state index contributed by atoms with van der Waals surface area (Å²) < 4.78 is 0. The van der Waals surface area contributed by atoms with Crippen molar-refractivity contribution in [2.24, 2.45) is 0 Å². The number of anilines is 2. The predicted octanol–water partition coefficient (Wildman–Crippen LogP) is 5.98. The van der Waals surface area contributed by atoms with Gasteiger partial charge in [0.05, 0.1) is 0 Å². The molecule has 21 heavy (non-hydrogen) atoms. The Hall–Kier alpha value is -2.80. The SMILES string of the molecule is [HH].c1ccc2cc(Nc3ccc4ccccc4c3)ccc2c1. The van der Waals surface area contributed by atoms with Crippen molar-refractivity contribution in [3.8, 4) is 0 Å². The van der Waals surface area contributed by atoms with Gasteiger partial charge in [0.2, 0.25) is 0 Å². The third-order valence-electron chi connectivity index (χ3n) is 3.79. The number of nitrogens with one attached hydrogen (secondary N) is 1. The van der Waals surface area contributed by atoms with E-state index in [0.717, 1.165) is 11.4 Å². The summed E-state index contributed by atoms with van der Waals surface area (Å²) in [5.41, 5.74) is 2.23. The van der Waals surface area contributed by atoms with Gasteiger partial charge in [-0.25, -0.2) is 0 Å². The van der Waals surface area contributed by atoms with E-state index in [1.54, 1.807) is 0 Å². The van der Waals surface area contributed by atoms with Gasteiger partial charge < -0.3 is 5.32 Å². The lowest BCUT2D eigenvalue weighted by Gasteiger charge is -2.09. The molecule has 0 heterocycles. The van der Waals surface area contributed by atoms with E-state index < -0.39 is 0 Å². The molecule has 1 N–H and O–H groups in total. The number of hydrogen-bond donors (Lipinski definition) is 1. The first-order valence-corrected chi connectivity index (χ1v) is 7.13. The molecule has 0 bridgehead atoms. The van der Waals surface area contributed by atoms with Crippen LogP contribution in [0.4, 0.5) is 11.4 Å². The Labute approximate surface area is 125 Å². The number of hydrogen-bond acceptors (Lipinski definition) is 1. The van der Waals surface area contributed by atoms with Gasteiger partial charge in [-0.2, -0.15) is 0 Å². The Morgan fingerprint density at radius 3 is 1.38 bits per heavy atom. The van der Waals surface area contributed by atoms with E-state index in [1.807, 2.05) is 0 Å². The van der Waals surface area contributed by atoms with Gasteiger partial charge in [0.1, 0.15) is 0 Å². The maximum Gasteiger partial charge on any atom is 0.0390 e. The molecule has 4 rings (SSSR count). The molecular weight excluding hydrogens is 254 g/mol. The molecule has 0 saturated heterocycles. The quantitative estimate of drug-likeness (QED) is 0.472. The molecule has 102 valence electrons.